The van der Waals surface area contributed by atoms with Crippen molar-refractivity contribution in [2.75, 3.05) is 0 Å². The van der Waals surface area contributed by atoms with Gasteiger partial charge in [0.2, 0.25) is 0 Å². The average molecular weight is 197 g/mol. The molecule has 0 saturated carbocycles. The normalized spacial score (nSPS) is 12.9. The molecule has 1 heterocycles. The van der Waals surface area contributed by atoms with Crippen molar-refractivity contribution in [1.82, 2.24) is 14.8 Å². The van der Waals surface area contributed by atoms with E-state index in [9.17, 15) is 4.79 Å². The SMILES string of the molecule is CC(C)(C(=O)O)C(C)(C)n1cnnc1. The molecule has 0 radical (unpaired) electrons. The van der Waals surface area contributed by atoms with Crippen molar-refractivity contribution in [2.24, 2.45) is 5.41 Å². The molecule has 5 heteroatoms. The van der Waals surface area contributed by atoms with Crippen LogP contribution in [0.25, 0.3) is 0 Å². The van der Waals surface area contributed by atoms with E-state index >= 15 is 0 Å². The maximum Gasteiger partial charge on any atom is 0.311 e. The Kier molecular flexibility index (Phi) is 2.35. The van der Waals surface area contributed by atoms with Gasteiger partial charge < -0.3 is 9.67 Å². The summed E-state index contributed by atoms with van der Waals surface area (Å²) in [5.41, 5.74) is -1.45. The van der Waals surface area contributed by atoms with E-state index in [4.69, 9.17) is 5.11 Å². The Balaban J connectivity index is 3.13. The largest absolute Gasteiger partial charge is 0.481 e. The number of aliphatic carboxylic acids is 1. The fourth-order valence-electron chi connectivity index (χ4n) is 1.07. The lowest BCUT2D eigenvalue weighted by Gasteiger charge is -2.38. The number of carboxylic acid groups (broad SMARTS) is 1. The van der Waals surface area contributed by atoms with Gasteiger partial charge in [0.15, 0.2) is 0 Å². The lowest BCUT2D eigenvalue weighted by Crippen LogP contribution is -2.46. The van der Waals surface area contributed by atoms with Crippen molar-refractivity contribution in [3.63, 3.8) is 0 Å². The first-order chi connectivity index (χ1) is 6.30. The van der Waals surface area contributed by atoms with Crippen molar-refractivity contribution in [2.45, 2.75) is 33.2 Å². The number of hydrogen-bond acceptors (Lipinski definition) is 3. The fourth-order valence-corrected chi connectivity index (χ4v) is 1.07. The zero-order valence-electron chi connectivity index (χ0n) is 8.85. The van der Waals surface area contributed by atoms with E-state index in [1.165, 1.54) is 12.7 Å². The highest BCUT2D eigenvalue weighted by atomic mass is 16.4. The smallest absolute Gasteiger partial charge is 0.311 e. The third-order valence-corrected chi connectivity index (χ3v) is 3.13. The molecule has 0 bridgehead atoms. The van der Waals surface area contributed by atoms with Crippen LogP contribution in [0.15, 0.2) is 12.7 Å². The molecule has 14 heavy (non-hydrogen) atoms. The molecule has 1 aromatic heterocycles. The summed E-state index contributed by atoms with van der Waals surface area (Å²) in [5.74, 6) is -0.837. The maximum absolute atomic E-state index is 11.1. The van der Waals surface area contributed by atoms with Crippen molar-refractivity contribution >= 4 is 5.97 Å². The van der Waals surface area contributed by atoms with Gasteiger partial charge in [-0.1, -0.05) is 0 Å². The predicted octanol–water partition coefficient (Wildman–Crippen LogP) is 1.12. The van der Waals surface area contributed by atoms with E-state index in [1.54, 1.807) is 18.4 Å². The maximum atomic E-state index is 11.1. The highest BCUT2D eigenvalue weighted by Crippen LogP contribution is 2.36. The highest BCUT2D eigenvalue weighted by molar-refractivity contribution is 5.75. The Morgan fingerprint density at radius 3 is 2.00 bits per heavy atom. The topological polar surface area (TPSA) is 68.0 Å². The highest BCUT2D eigenvalue weighted by Gasteiger charge is 2.44. The molecule has 1 aromatic rings. The van der Waals surface area contributed by atoms with Crippen LogP contribution in [0.1, 0.15) is 27.7 Å². The molecule has 0 amide bonds. The summed E-state index contributed by atoms with van der Waals surface area (Å²) in [5, 5.41) is 16.5. The zero-order chi connectivity index (χ0) is 11.0. The molecule has 0 unspecified atom stereocenters. The molecule has 78 valence electrons. The van der Waals surface area contributed by atoms with Crippen LogP contribution in [-0.2, 0) is 10.3 Å². The monoisotopic (exact) mass is 197 g/mol. The molecule has 0 aliphatic carbocycles. The van der Waals surface area contributed by atoms with Crippen LogP contribution >= 0.6 is 0 Å². The zero-order valence-corrected chi connectivity index (χ0v) is 8.85. The minimum absolute atomic E-state index is 0.567. The van der Waals surface area contributed by atoms with Gasteiger partial charge in [0.05, 0.1) is 11.0 Å². The Bertz CT molecular complexity index is 328. The lowest BCUT2D eigenvalue weighted by molar-refractivity contribution is -0.152. The number of carbonyl (C=O) groups is 1. The van der Waals surface area contributed by atoms with Crippen LogP contribution < -0.4 is 0 Å². The first-order valence-electron chi connectivity index (χ1n) is 4.38. The molecule has 0 spiro atoms. The summed E-state index contributed by atoms with van der Waals surface area (Å²) in [7, 11) is 0. The van der Waals surface area contributed by atoms with Gasteiger partial charge in [-0.2, -0.15) is 0 Å². The number of rotatable bonds is 3. The quantitative estimate of drug-likeness (QED) is 0.788. The second kappa shape index (κ2) is 3.08. The Morgan fingerprint density at radius 2 is 1.64 bits per heavy atom. The van der Waals surface area contributed by atoms with Crippen LogP contribution in [0.4, 0.5) is 0 Å². The van der Waals surface area contributed by atoms with E-state index in [1.807, 2.05) is 13.8 Å². The van der Waals surface area contributed by atoms with Gasteiger partial charge in [-0.05, 0) is 27.7 Å². The molecule has 0 aliphatic heterocycles. The molecule has 0 saturated heterocycles. The summed E-state index contributed by atoms with van der Waals surface area (Å²) < 4.78 is 1.71. The molecular formula is C9H15N3O2. The van der Waals surface area contributed by atoms with Gasteiger partial charge in [0.1, 0.15) is 12.7 Å². The van der Waals surface area contributed by atoms with Crippen LogP contribution in [0.5, 0.6) is 0 Å². The van der Waals surface area contributed by atoms with Crippen LogP contribution in [0, 0.1) is 5.41 Å². The fraction of sp³-hybridized carbons (Fsp3) is 0.667. The van der Waals surface area contributed by atoms with Crippen molar-refractivity contribution in [3.8, 4) is 0 Å². The van der Waals surface area contributed by atoms with E-state index < -0.39 is 16.9 Å². The predicted molar refractivity (Wildman–Crippen MR) is 50.8 cm³/mol. The Morgan fingerprint density at radius 1 is 1.21 bits per heavy atom. The second-order valence-corrected chi connectivity index (χ2v) is 4.36. The molecule has 5 nitrogen and oxygen atoms in total. The summed E-state index contributed by atoms with van der Waals surface area (Å²) in [4.78, 5) is 11.1. The van der Waals surface area contributed by atoms with Gasteiger partial charge in [0.25, 0.3) is 0 Å². The summed E-state index contributed by atoms with van der Waals surface area (Å²) in [6.45, 7) is 7.08. The van der Waals surface area contributed by atoms with Crippen molar-refractivity contribution in [1.29, 1.82) is 0 Å². The van der Waals surface area contributed by atoms with Gasteiger partial charge in [0, 0.05) is 0 Å². The third kappa shape index (κ3) is 1.38. The lowest BCUT2D eigenvalue weighted by atomic mass is 9.74. The summed E-state index contributed by atoms with van der Waals surface area (Å²) in [6, 6.07) is 0. The second-order valence-electron chi connectivity index (χ2n) is 4.36. The average Bonchev–Trinajstić information content (AvgIpc) is 2.55. The molecule has 0 aromatic carbocycles. The summed E-state index contributed by atoms with van der Waals surface area (Å²) in [6.07, 6.45) is 3.06. The molecule has 0 fully saturated rings. The summed E-state index contributed by atoms with van der Waals surface area (Å²) >= 11 is 0. The van der Waals surface area contributed by atoms with Crippen LogP contribution in [0.3, 0.4) is 0 Å². The van der Waals surface area contributed by atoms with Crippen molar-refractivity contribution in [3.05, 3.63) is 12.7 Å². The number of carboxylic acids is 1. The number of aromatic nitrogens is 3. The Hall–Kier alpha value is -1.39. The van der Waals surface area contributed by atoms with Gasteiger partial charge in [-0.15, -0.1) is 10.2 Å². The molecular weight excluding hydrogens is 182 g/mol. The standard InChI is InChI=1S/C9H15N3O2/c1-8(2,7(13)14)9(3,4)12-5-10-11-6-12/h5-6H,1-4H3,(H,13,14). The number of hydrogen-bond donors (Lipinski definition) is 1. The van der Waals surface area contributed by atoms with Crippen LogP contribution in [-0.4, -0.2) is 25.8 Å². The van der Waals surface area contributed by atoms with Gasteiger partial charge in [-0.25, -0.2) is 0 Å². The first-order valence-corrected chi connectivity index (χ1v) is 4.38. The minimum Gasteiger partial charge on any atom is -0.481 e. The van der Waals surface area contributed by atoms with Gasteiger partial charge in [-0.3, -0.25) is 4.79 Å². The Labute approximate surface area is 82.8 Å². The van der Waals surface area contributed by atoms with E-state index in [2.05, 4.69) is 10.2 Å². The minimum atomic E-state index is -0.880. The molecule has 1 N–H and O–H groups in total. The van der Waals surface area contributed by atoms with E-state index in [0.717, 1.165) is 0 Å². The molecule has 0 aliphatic rings. The van der Waals surface area contributed by atoms with Gasteiger partial charge >= 0.3 is 5.97 Å². The van der Waals surface area contributed by atoms with Crippen molar-refractivity contribution < 1.29 is 9.90 Å². The van der Waals surface area contributed by atoms with E-state index in [0.29, 0.717) is 0 Å². The third-order valence-electron chi connectivity index (χ3n) is 3.13. The molecule has 1 rings (SSSR count). The van der Waals surface area contributed by atoms with E-state index in [-0.39, 0.29) is 0 Å². The molecule has 0 atom stereocenters. The van der Waals surface area contributed by atoms with Crippen LogP contribution in [0.2, 0.25) is 0 Å². The number of nitrogens with zero attached hydrogens (tertiary/aromatic N) is 3. The first kappa shape index (κ1) is 10.7.